The molecule has 0 unspecified atom stereocenters. The third-order valence-corrected chi connectivity index (χ3v) is 4.68. The van der Waals surface area contributed by atoms with Crippen LogP contribution in [0.4, 0.5) is 13.2 Å². The Kier molecular flexibility index (Phi) is 5.10. The van der Waals surface area contributed by atoms with Crippen LogP contribution in [0.2, 0.25) is 0 Å². The minimum absolute atomic E-state index is 0.0638. The molecule has 2 fully saturated rings. The van der Waals surface area contributed by atoms with Gasteiger partial charge < -0.3 is 10.6 Å². The number of halogens is 3. The van der Waals surface area contributed by atoms with Crippen molar-refractivity contribution in [2.24, 2.45) is 0 Å². The van der Waals surface area contributed by atoms with Crippen LogP contribution >= 0.6 is 0 Å². The summed E-state index contributed by atoms with van der Waals surface area (Å²) < 4.78 is 37.7. The van der Waals surface area contributed by atoms with E-state index in [9.17, 15) is 18.0 Å². The zero-order chi connectivity index (χ0) is 17.2. The molecule has 2 aliphatic heterocycles. The summed E-state index contributed by atoms with van der Waals surface area (Å²) in [5.74, 6) is 0.0638. The Morgan fingerprint density at radius 2 is 2.00 bits per heavy atom. The van der Waals surface area contributed by atoms with Gasteiger partial charge in [-0.1, -0.05) is 12.1 Å². The second-order valence-corrected chi connectivity index (χ2v) is 6.57. The highest BCUT2D eigenvalue weighted by Gasteiger charge is 2.31. The Hall–Kier alpha value is -1.60. The fourth-order valence-corrected chi connectivity index (χ4v) is 3.36. The second-order valence-electron chi connectivity index (χ2n) is 6.57. The molecule has 3 rings (SSSR count). The highest BCUT2D eigenvalue weighted by atomic mass is 19.4. The van der Waals surface area contributed by atoms with Crippen LogP contribution in [0, 0.1) is 0 Å². The summed E-state index contributed by atoms with van der Waals surface area (Å²) in [4.78, 5) is 14.3. The molecule has 2 N–H and O–H groups in total. The van der Waals surface area contributed by atoms with E-state index in [1.807, 2.05) is 0 Å². The molecule has 0 saturated carbocycles. The monoisotopic (exact) mass is 341 g/mol. The SMILES string of the molecule is O=C(N[C@@H]1CCN(Cc2ccc(C(F)(F)F)cc2)C1)[C@H]1CCCN1. The molecule has 0 aromatic heterocycles. The number of amides is 1. The first-order valence-corrected chi connectivity index (χ1v) is 8.34. The minimum Gasteiger partial charge on any atom is -0.351 e. The largest absolute Gasteiger partial charge is 0.416 e. The molecular weight excluding hydrogens is 319 g/mol. The summed E-state index contributed by atoms with van der Waals surface area (Å²) in [7, 11) is 0. The number of alkyl halides is 3. The van der Waals surface area contributed by atoms with E-state index < -0.39 is 11.7 Å². The van der Waals surface area contributed by atoms with E-state index in [2.05, 4.69) is 15.5 Å². The van der Waals surface area contributed by atoms with E-state index >= 15 is 0 Å². The molecule has 7 heteroatoms. The molecule has 2 aliphatic rings. The maximum Gasteiger partial charge on any atom is 0.416 e. The van der Waals surface area contributed by atoms with Gasteiger partial charge in [-0.2, -0.15) is 13.2 Å². The number of rotatable bonds is 4. The van der Waals surface area contributed by atoms with E-state index in [4.69, 9.17) is 0 Å². The summed E-state index contributed by atoms with van der Waals surface area (Å²) in [5, 5.41) is 6.25. The number of benzene rings is 1. The van der Waals surface area contributed by atoms with Crippen molar-refractivity contribution < 1.29 is 18.0 Å². The van der Waals surface area contributed by atoms with Gasteiger partial charge in [0.25, 0.3) is 0 Å². The third-order valence-electron chi connectivity index (χ3n) is 4.68. The van der Waals surface area contributed by atoms with Crippen molar-refractivity contribution >= 4 is 5.91 Å². The summed E-state index contributed by atoms with van der Waals surface area (Å²) in [6, 6.07) is 5.34. The van der Waals surface area contributed by atoms with E-state index in [-0.39, 0.29) is 18.0 Å². The zero-order valence-electron chi connectivity index (χ0n) is 13.4. The number of carbonyl (C=O) groups excluding carboxylic acids is 1. The smallest absolute Gasteiger partial charge is 0.351 e. The second kappa shape index (κ2) is 7.11. The molecule has 0 aliphatic carbocycles. The molecule has 1 aromatic carbocycles. The summed E-state index contributed by atoms with van der Waals surface area (Å²) in [6.45, 7) is 3.07. The molecule has 1 aromatic rings. The normalized spacial score (nSPS) is 25.1. The number of hydrogen-bond donors (Lipinski definition) is 2. The Morgan fingerprint density at radius 3 is 2.62 bits per heavy atom. The van der Waals surface area contributed by atoms with Crippen molar-refractivity contribution in [1.82, 2.24) is 15.5 Å². The van der Waals surface area contributed by atoms with Gasteiger partial charge in [-0.15, -0.1) is 0 Å². The van der Waals surface area contributed by atoms with Crippen LogP contribution in [0.1, 0.15) is 30.4 Å². The maximum atomic E-state index is 12.6. The fourth-order valence-electron chi connectivity index (χ4n) is 3.36. The standard InChI is InChI=1S/C17H22F3N3O/c18-17(19,20)13-5-3-12(4-6-13)10-23-9-7-14(11-23)22-16(24)15-2-1-8-21-15/h3-6,14-15,21H,1-2,7-11H2,(H,22,24)/t14-,15-/m1/s1. The Morgan fingerprint density at radius 1 is 1.25 bits per heavy atom. The fraction of sp³-hybridized carbons (Fsp3) is 0.588. The maximum absolute atomic E-state index is 12.6. The van der Waals surface area contributed by atoms with Crippen molar-refractivity contribution in [3.63, 3.8) is 0 Å². The van der Waals surface area contributed by atoms with Crippen LogP contribution < -0.4 is 10.6 Å². The summed E-state index contributed by atoms with van der Waals surface area (Å²) >= 11 is 0. The number of carbonyl (C=O) groups is 1. The van der Waals surface area contributed by atoms with Gasteiger partial charge in [0.15, 0.2) is 0 Å². The molecule has 24 heavy (non-hydrogen) atoms. The van der Waals surface area contributed by atoms with Crippen LogP contribution in [-0.2, 0) is 17.5 Å². The molecule has 0 spiro atoms. The molecule has 4 nitrogen and oxygen atoms in total. The lowest BCUT2D eigenvalue weighted by Crippen LogP contribution is -2.46. The first-order valence-electron chi connectivity index (χ1n) is 8.34. The van der Waals surface area contributed by atoms with Crippen molar-refractivity contribution in [2.45, 2.75) is 44.1 Å². The molecule has 2 saturated heterocycles. The summed E-state index contributed by atoms with van der Waals surface area (Å²) in [5.41, 5.74) is 0.231. The Labute approximate surface area is 139 Å². The molecule has 0 bridgehead atoms. The first kappa shape index (κ1) is 17.2. The minimum atomic E-state index is -4.30. The molecule has 2 atom stereocenters. The molecule has 132 valence electrons. The van der Waals surface area contributed by atoms with Gasteiger partial charge in [0, 0.05) is 25.7 Å². The van der Waals surface area contributed by atoms with Gasteiger partial charge in [-0.3, -0.25) is 9.69 Å². The van der Waals surface area contributed by atoms with Crippen molar-refractivity contribution in [1.29, 1.82) is 0 Å². The van der Waals surface area contributed by atoms with E-state index in [1.54, 1.807) is 0 Å². The quantitative estimate of drug-likeness (QED) is 0.882. The van der Waals surface area contributed by atoms with Gasteiger partial charge in [-0.05, 0) is 43.5 Å². The first-order chi connectivity index (χ1) is 11.4. The average molecular weight is 341 g/mol. The lowest BCUT2D eigenvalue weighted by Gasteiger charge is -2.18. The van der Waals surface area contributed by atoms with E-state index in [0.717, 1.165) is 56.6 Å². The van der Waals surface area contributed by atoms with Crippen LogP contribution in [0.25, 0.3) is 0 Å². The molecule has 0 radical (unpaired) electrons. The van der Waals surface area contributed by atoms with E-state index in [1.165, 1.54) is 12.1 Å². The topological polar surface area (TPSA) is 44.4 Å². The van der Waals surface area contributed by atoms with Crippen LogP contribution in [0.15, 0.2) is 24.3 Å². The number of likely N-dealkylation sites (tertiary alicyclic amines) is 1. The molecule has 1 amide bonds. The Balaban J connectivity index is 1.48. The van der Waals surface area contributed by atoms with Gasteiger partial charge >= 0.3 is 6.18 Å². The lowest BCUT2D eigenvalue weighted by molar-refractivity contribution is -0.137. The molecular formula is C17H22F3N3O. The van der Waals surface area contributed by atoms with E-state index in [0.29, 0.717) is 6.54 Å². The van der Waals surface area contributed by atoms with Crippen LogP contribution in [0.3, 0.4) is 0 Å². The zero-order valence-corrected chi connectivity index (χ0v) is 13.4. The predicted molar refractivity (Wildman–Crippen MR) is 84.3 cm³/mol. The lowest BCUT2D eigenvalue weighted by atomic mass is 10.1. The predicted octanol–water partition coefficient (Wildman–Crippen LogP) is 2.15. The highest BCUT2D eigenvalue weighted by Crippen LogP contribution is 2.29. The Bertz CT molecular complexity index is 567. The number of nitrogens with zero attached hydrogens (tertiary/aromatic N) is 1. The van der Waals surface area contributed by atoms with Gasteiger partial charge in [-0.25, -0.2) is 0 Å². The van der Waals surface area contributed by atoms with Crippen molar-refractivity contribution in [3.8, 4) is 0 Å². The summed E-state index contributed by atoms with van der Waals surface area (Å²) in [6.07, 6.45) is -1.51. The average Bonchev–Trinajstić information content (AvgIpc) is 3.19. The highest BCUT2D eigenvalue weighted by molar-refractivity contribution is 5.82. The van der Waals surface area contributed by atoms with Crippen molar-refractivity contribution in [2.75, 3.05) is 19.6 Å². The van der Waals surface area contributed by atoms with Gasteiger partial charge in [0.2, 0.25) is 5.91 Å². The number of nitrogens with one attached hydrogen (secondary N) is 2. The van der Waals surface area contributed by atoms with Crippen LogP contribution in [0.5, 0.6) is 0 Å². The van der Waals surface area contributed by atoms with Gasteiger partial charge in [0.05, 0.1) is 11.6 Å². The van der Waals surface area contributed by atoms with Gasteiger partial charge in [0.1, 0.15) is 0 Å². The third kappa shape index (κ3) is 4.27. The van der Waals surface area contributed by atoms with Crippen LogP contribution in [-0.4, -0.2) is 42.5 Å². The molecule has 2 heterocycles. The number of hydrogen-bond acceptors (Lipinski definition) is 3. The van der Waals surface area contributed by atoms with Crippen molar-refractivity contribution in [3.05, 3.63) is 35.4 Å².